The predicted octanol–water partition coefficient (Wildman–Crippen LogP) is 1.36. The Labute approximate surface area is 118 Å². The molecule has 0 radical (unpaired) electrons. The molecular weight excluding hydrogens is 256 g/mol. The summed E-state index contributed by atoms with van der Waals surface area (Å²) in [7, 11) is 1.78. The monoisotopic (exact) mass is 278 g/mol. The quantitative estimate of drug-likeness (QED) is 0.873. The first-order valence-corrected chi connectivity index (χ1v) is 7.06. The minimum absolute atomic E-state index is 0.157. The lowest BCUT2D eigenvalue weighted by atomic mass is 9.97. The minimum Gasteiger partial charge on any atom is -0.344 e. The second kappa shape index (κ2) is 6.07. The fraction of sp³-hybridized carbons (Fsp3) is 0.643. The molecule has 1 aromatic heterocycles. The predicted molar refractivity (Wildman–Crippen MR) is 76.1 cm³/mol. The SMILES string of the molecule is CC(=O)NC(C(=O)Nc1cc(C)nn1C)C1CCCC1. The van der Waals surface area contributed by atoms with Crippen LogP contribution >= 0.6 is 0 Å². The molecule has 0 spiro atoms. The summed E-state index contributed by atoms with van der Waals surface area (Å²) in [6.45, 7) is 3.32. The zero-order chi connectivity index (χ0) is 14.7. The lowest BCUT2D eigenvalue weighted by molar-refractivity contribution is -0.126. The Morgan fingerprint density at radius 2 is 2.05 bits per heavy atom. The van der Waals surface area contributed by atoms with Crippen LogP contribution in [0.15, 0.2) is 6.07 Å². The molecule has 1 atom stereocenters. The van der Waals surface area contributed by atoms with E-state index in [9.17, 15) is 9.59 Å². The van der Waals surface area contributed by atoms with Crippen molar-refractivity contribution < 1.29 is 9.59 Å². The van der Waals surface area contributed by atoms with E-state index in [-0.39, 0.29) is 17.7 Å². The van der Waals surface area contributed by atoms with Crippen LogP contribution in [-0.4, -0.2) is 27.6 Å². The van der Waals surface area contributed by atoms with Gasteiger partial charge in [0.05, 0.1) is 5.69 Å². The molecule has 110 valence electrons. The van der Waals surface area contributed by atoms with Gasteiger partial charge in [0.25, 0.3) is 0 Å². The average Bonchev–Trinajstić information content (AvgIpc) is 2.96. The summed E-state index contributed by atoms with van der Waals surface area (Å²) in [6, 6.07) is 1.36. The van der Waals surface area contributed by atoms with Crippen LogP contribution in [0.2, 0.25) is 0 Å². The highest BCUT2D eigenvalue weighted by atomic mass is 16.2. The lowest BCUT2D eigenvalue weighted by Gasteiger charge is -2.23. The Kier molecular flexibility index (Phi) is 4.42. The van der Waals surface area contributed by atoms with Crippen LogP contribution < -0.4 is 10.6 Å². The number of carbonyl (C=O) groups is 2. The van der Waals surface area contributed by atoms with Gasteiger partial charge >= 0.3 is 0 Å². The van der Waals surface area contributed by atoms with E-state index in [1.54, 1.807) is 11.7 Å². The zero-order valence-corrected chi connectivity index (χ0v) is 12.3. The van der Waals surface area contributed by atoms with Crippen LogP contribution in [0.3, 0.4) is 0 Å². The summed E-state index contributed by atoms with van der Waals surface area (Å²) in [4.78, 5) is 23.8. The van der Waals surface area contributed by atoms with E-state index in [0.717, 1.165) is 31.4 Å². The summed E-state index contributed by atoms with van der Waals surface area (Å²) in [5.74, 6) is 0.558. The summed E-state index contributed by atoms with van der Waals surface area (Å²) >= 11 is 0. The third-order valence-electron chi connectivity index (χ3n) is 3.77. The third-order valence-corrected chi connectivity index (χ3v) is 3.77. The Bertz CT molecular complexity index is 503. The van der Waals surface area contributed by atoms with Gasteiger partial charge in [-0.05, 0) is 25.7 Å². The zero-order valence-electron chi connectivity index (χ0n) is 12.3. The normalized spacial score (nSPS) is 16.9. The van der Waals surface area contributed by atoms with Gasteiger partial charge in [-0.1, -0.05) is 12.8 Å². The molecule has 2 amide bonds. The number of rotatable bonds is 4. The Hall–Kier alpha value is -1.85. The summed E-state index contributed by atoms with van der Waals surface area (Å²) < 4.78 is 1.63. The Morgan fingerprint density at radius 3 is 2.55 bits per heavy atom. The highest BCUT2D eigenvalue weighted by Crippen LogP contribution is 2.28. The third kappa shape index (κ3) is 3.37. The van der Waals surface area contributed by atoms with E-state index in [1.165, 1.54) is 6.92 Å². The van der Waals surface area contributed by atoms with Gasteiger partial charge in [0, 0.05) is 20.0 Å². The Balaban J connectivity index is 2.09. The first kappa shape index (κ1) is 14.6. The standard InChI is InChI=1S/C14H22N4O2/c1-9-8-12(18(3)17-9)16-14(20)13(15-10(2)19)11-6-4-5-7-11/h8,11,13H,4-7H2,1-3H3,(H,15,19)(H,16,20). The van der Waals surface area contributed by atoms with Crippen LogP contribution in [0.4, 0.5) is 5.82 Å². The van der Waals surface area contributed by atoms with Crippen molar-refractivity contribution in [2.24, 2.45) is 13.0 Å². The van der Waals surface area contributed by atoms with Gasteiger partial charge in [-0.2, -0.15) is 5.10 Å². The van der Waals surface area contributed by atoms with Crippen molar-refractivity contribution in [2.45, 2.75) is 45.6 Å². The highest BCUT2D eigenvalue weighted by molar-refractivity contribution is 5.96. The van der Waals surface area contributed by atoms with Crippen molar-refractivity contribution in [1.29, 1.82) is 0 Å². The smallest absolute Gasteiger partial charge is 0.248 e. The maximum Gasteiger partial charge on any atom is 0.248 e. The molecule has 1 aromatic rings. The number of anilines is 1. The molecule has 0 aliphatic heterocycles. The molecule has 6 heteroatoms. The maximum absolute atomic E-state index is 12.4. The Morgan fingerprint density at radius 1 is 1.40 bits per heavy atom. The molecule has 1 aliphatic carbocycles. The summed E-state index contributed by atoms with van der Waals surface area (Å²) in [5.41, 5.74) is 0.847. The van der Waals surface area contributed by atoms with Crippen LogP contribution in [-0.2, 0) is 16.6 Å². The minimum atomic E-state index is -0.454. The topological polar surface area (TPSA) is 76.0 Å². The van der Waals surface area contributed by atoms with Gasteiger partial charge in [-0.25, -0.2) is 0 Å². The van der Waals surface area contributed by atoms with Crippen LogP contribution in [0.1, 0.15) is 38.3 Å². The van der Waals surface area contributed by atoms with Crippen LogP contribution in [0.25, 0.3) is 0 Å². The molecule has 1 aliphatic rings. The van der Waals surface area contributed by atoms with Crippen molar-refractivity contribution in [3.05, 3.63) is 11.8 Å². The number of aromatic nitrogens is 2. The number of nitrogens with one attached hydrogen (secondary N) is 2. The molecule has 1 fully saturated rings. The fourth-order valence-corrected chi connectivity index (χ4v) is 2.84. The fourth-order valence-electron chi connectivity index (χ4n) is 2.84. The van der Waals surface area contributed by atoms with E-state index in [0.29, 0.717) is 5.82 Å². The molecule has 0 bridgehead atoms. The van der Waals surface area contributed by atoms with Crippen molar-refractivity contribution in [3.8, 4) is 0 Å². The van der Waals surface area contributed by atoms with Crippen molar-refractivity contribution in [3.63, 3.8) is 0 Å². The van der Waals surface area contributed by atoms with Gasteiger partial charge < -0.3 is 10.6 Å². The van der Waals surface area contributed by atoms with E-state index in [1.807, 2.05) is 13.0 Å². The molecule has 1 heterocycles. The molecule has 1 saturated carbocycles. The second-order valence-electron chi connectivity index (χ2n) is 5.51. The average molecular weight is 278 g/mol. The molecule has 2 rings (SSSR count). The number of hydrogen-bond acceptors (Lipinski definition) is 3. The van der Waals surface area contributed by atoms with Crippen LogP contribution in [0, 0.1) is 12.8 Å². The number of carbonyl (C=O) groups excluding carboxylic acids is 2. The molecule has 0 aromatic carbocycles. The summed E-state index contributed by atoms with van der Waals surface area (Å²) in [6.07, 6.45) is 4.23. The van der Waals surface area contributed by atoms with Crippen molar-refractivity contribution >= 4 is 17.6 Å². The summed E-state index contributed by atoms with van der Waals surface area (Å²) in [5, 5.41) is 9.84. The lowest BCUT2D eigenvalue weighted by Crippen LogP contribution is -2.47. The number of aryl methyl sites for hydroxylation is 2. The van der Waals surface area contributed by atoms with E-state index < -0.39 is 6.04 Å². The van der Waals surface area contributed by atoms with Gasteiger partial charge in [-0.3, -0.25) is 14.3 Å². The molecular formula is C14H22N4O2. The molecule has 6 nitrogen and oxygen atoms in total. The molecule has 0 saturated heterocycles. The van der Waals surface area contributed by atoms with Crippen molar-refractivity contribution in [2.75, 3.05) is 5.32 Å². The number of hydrogen-bond donors (Lipinski definition) is 2. The van der Waals surface area contributed by atoms with E-state index in [2.05, 4.69) is 15.7 Å². The van der Waals surface area contributed by atoms with E-state index in [4.69, 9.17) is 0 Å². The largest absolute Gasteiger partial charge is 0.344 e. The van der Waals surface area contributed by atoms with Gasteiger partial charge in [0.1, 0.15) is 11.9 Å². The molecule has 2 N–H and O–H groups in total. The molecule has 20 heavy (non-hydrogen) atoms. The van der Waals surface area contributed by atoms with E-state index >= 15 is 0 Å². The number of nitrogens with zero attached hydrogens (tertiary/aromatic N) is 2. The van der Waals surface area contributed by atoms with Gasteiger partial charge in [-0.15, -0.1) is 0 Å². The highest BCUT2D eigenvalue weighted by Gasteiger charge is 2.31. The first-order chi connectivity index (χ1) is 9.47. The van der Waals surface area contributed by atoms with Gasteiger partial charge in [0.2, 0.25) is 11.8 Å². The van der Waals surface area contributed by atoms with Crippen molar-refractivity contribution in [1.82, 2.24) is 15.1 Å². The number of amides is 2. The molecule has 1 unspecified atom stereocenters. The maximum atomic E-state index is 12.4. The second-order valence-corrected chi connectivity index (χ2v) is 5.51. The first-order valence-electron chi connectivity index (χ1n) is 7.06. The van der Waals surface area contributed by atoms with Gasteiger partial charge in [0.15, 0.2) is 0 Å². The van der Waals surface area contributed by atoms with Crippen LogP contribution in [0.5, 0.6) is 0 Å².